The number of esters is 1. The summed E-state index contributed by atoms with van der Waals surface area (Å²) in [4.78, 5) is 18.4. The molecule has 0 amide bonds. The van der Waals surface area contributed by atoms with Gasteiger partial charge < -0.3 is 9.30 Å². The monoisotopic (exact) mass is 315 g/mol. The van der Waals surface area contributed by atoms with Crippen molar-refractivity contribution in [1.29, 1.82) is 0 Å². The molecule has 2 aromatic rings. The van der Waals surface area contributed by atoms with E-state index in [1.54, 1.807) is 0 Å². The molecule has 0 aliphatic carbocycles. The van der Waals surface area contributed by atoms with Crippen LogP contribution in [0.3, 0.4) is 0 Å². The highest BCUT2D eigenvalue weighted by atomic mass is 16.5. The first kappa shape index (κ1) is 16.0. The zero-order valence-electron chi connectivity index (χ0n) is 14.0. The average Bonchev–Trinajstić information content (AvgIpc) is 2.85. The molecule has 2 heterocycles. The number of carbonyl (C=O) groups excluding carboxylic acids is 1. The number of fused-ring (bicyclic) bond motifs is 1. The van der Waals surface area contributed by atoms with Gasteiger partial charge in [-0.1, -0.05) is 12.1 Å². The molecule has 0 bridgehead atoms. The van der Waals surface area contributed by atoms with E-state index in [9.17, 15) is 4.79 Å². The number of benzene rings is 1. The molecule has 124 valence electrons. The molecule has 0 unspecified atom stereocenters. The predicted octanol–water partition coefficient (Wildman–Crippen LogP) is 2.62. The Morgan fingerprint density at radius 3 is 2.78 bits per heavy atom. The first-order valence-electron chi connectivity index (χ1n) is 8.47. The van der Waals surface area contributed by atoms with Gasteiger partial charge in [0.25, 0.3) is 0 Å². The predicted molar refractivity (Wildman–Crippen MR) is 90.3 cm³/mol. The lowest BCUT2D eigenvalue weighted by Gasteiger charge is -2.31. The van der Waals surface area contributed by atoms with Crippen LogP contribution in [0.2, 0.25) is 0 Å². The molecule has 0 radical (unpaired) electrons. The van der Waals surface area contributed by atoms with Gasteiger partial charge in [0, 0.05) is 6.54 Å². The number of rotatable bonds is 5. The molecule has 23 heavy (non-hydrogen) atoms. The number of ether oxygens (including phenoxy) is 1. The number of nitrogens with zero attached hydrogens (tertiary/aromatic N) is 3. The third-order valence-electron chi connectivity index (χ3n) is 4.65. The van der Waals surface area contributed by atoms with Crippen molar-refractivity contribution in [3.63, 3.8) is 0 Å². The summed E-state index contributed by atoms with van der Waals surface area (Å²) in [6.07, 6.45) is 2.23. The van der Waals surface area contributed by atoms with Gasteiger partial charge in [-0.05, 0) is 57.8 Å². The van der Waals surface area contributed by atoms with E-state index in [-0.39, 0.29) is 5.97 Å². The van der Waals surface area contributed by atoms with Crippen molar-refractivity contribution in [3.8, 4) is 0 Å². The van der Waals surface area contributed by atoms with E-state index in [0.29, 0.717) is 19.1 Å². The summed E-state index contributed by atoms with van der Waals surface area (Å²) in [5.41, 5.74) is 2.30. The number of aryl methyl sites for hydroxylation is 1. The van der Waals surface area contributed by atoms with E-state index in [1.165, 1.54) is 5.52 Å². The van der Waals surface area contributed by atoms with Gasteiger partial charge in [0.1, 0.15) is 5.82 Å². The highest BCUT2D eigenvalue weighted by Crippen LogP contribution is 2.23. The van der Waals surface area contributed by atoms with Crippen molar-refractivity contribution in [2.45, 2.75) is 33.2 Å². The molecule has 0 N–H and O–H groups in total. The molecule has 0 saturated carbocycles. The molecule has 5 heteroatoms. The first-order valence-corrected chi connectivity index (χ1v) is 8.47. The summed E-state index contributed by atoms with van der Waals surface area (Å²) in [6.45, 7) is 7.76. The molecule has 1 fully saturated rings. The summed E-state index contributed by atoms with van der Waals surface area (Å²) in [5.74, 6) is 1.62. The molecular formula is C18H25N3O2. The number of imidazole rings is 1. The maximum absolute atomic E-state index is 11.6. The number of aromatic nitrogens is 2. The zero-order valence-corrected chi connectivity index (χ0v) is 14.0. The van der Waals surface area contributed by atoms with Gasteiger partial charge in [-0.25, -0.2) is 4.98 Å². The topological polar surface area (TPSA) is 47.4 Å². The highest BCUT2D eigenvalue weighted by Gasteiger charge is 2.22. The Kier molecular flexibility index (Phi) is 4.96. The minimum Gasteiger partial charge on any atom is -0.465 e. The molecule has 1 aliphatic rings. The van der Waals surface area contributed by atoms with Gasteiger partial charge in [0.05, 0.1) is 24.2 Å². The van der Waals surface area contributed by atoms with Crippen LogP contribution < -0.4 is 0 Å². The number of piperidine rings is 1. The smallest absolute Gasteiger partial charge is 0.320 e. The summed E-state index contributed by atoms with van der Waals surface area (Å²) < 4.78 is 7.36. The average molecular weight is 315 g/mol. The Bertz CT molecular complexity index is 672. The van der Waals surface area contributed by atoms with Crippen molar-refractivity contribution in [2.75, 3.05) is 26.2 Å². The van der Waals surface area contributed by atoms with Crippen LogP contribution >= 0.6 is 0 Å². The number of hydrogen-bond donors (Lipinski definition) is 0. The second-order valence-corrected chi connectivity index (χ2v) is 6.28. The van der Waals surface area contributed by atoms with E-state index in [2.05, 4.69) is 39.6 Å². The second-order valence-electron chi connectivity index (χ2n) is 6.28. The molecule has 1 saturated heterocycles. The summed E-state index contributed by atoms with van der Waals surface area (Å²) in [6, 6.07) is 8.32. The van der Waals surface area contributed by atoms with Crippen LogP contribution in [0.1, 0.15) is 25.6 Å². The summed E-state index contributed by atoms with van der Waals surface area (Å²) in [5, 5.41) is 0. The van der Waals surface area contributed by atoms with Crippen LogP contribution in [0.5, 0.6) is 0 Å². The fourth-order valence-electron chi connectivity index (χ4n) is 3.40. The normalized spacial score (nSPS) is 16.8. The Labute approximate surface area is 137 Å². The number of hydrogen-bond acceptors (Lipinski definition) is 4. The number of carbonyl (C=O) groups is 1. The maximum Gasteiger partial charge on any atom is 0.320 e. The Morgan fingerprint density at radius 2 is 2.04 bits per heavy atom. The van der Waals surface area contributed by atoms with Gasteiger partial charge in [-0.2, -0.15) is 0 Å². The summed E-state index contributed by atoms with van der Waals surface area (Å²) in [7, 11) is 0. The van der Waals surface area contributed by atoms with Crippen molar-refractivity contribution in [1.82, 2.24) is 14.5 Å². The van der Waals surface area contributed by atoms with Crippen molar-refractivity contribution in [2.24, 2.45) is 5.92 Å². The van der Waals surface area contributed by atoms with E-state index in [4.69, 9.17) is 4.74 Å². The lowest BCUT2D eigenvalue weighted by atomic mass is 9.96. The van der Waals surface area contributed by atoms with E-state index < -0.39 is 0 Å². The molecule has 5 nitrogen and oxygen atoms in total. The van der Waals surface area contributed by atoms with Crippen molar-refractivity contribution < 1.29 is 9.53 Å². The van der Waals surface area contributed by atoms with Gasteiger partial charge in [0.2, 0.25) is 0 Å². The van der Waals surface area contributed by atoms with E-state index >= 15 is 0 Å². The van der Waals surface area contributed by atoms with Crippen LogP contribution in [-0.4, -0.2) is 46.7 Å². The van der Waals surface area contributed by atoms with Gasteiger partial charge in [0.15, 0.2) is 0 Å². The lowest BCUT2D eigenvalue weighted by molar-refractivity contribution is -0.144. The Balaban J connectivity index is 1.58. The van der Waals surface area contributed by atoms with Crippen molar-refractivity contribution in [3.05, 3.63) is 30.1 Å². The van der Waals surface area contributed by atoms with Crippen LogP contribution in [0.4, 0.5) is 0 Å². The van der Waals surface area contributed by atoms with Crippen LogP contribution in [0.25, 0.3) is 11.0 Å². The molecule has 1 aliphatic heterocycles. The molecule has 0 spiro atoms. The lowest BCUT2D eigenvalue weighted by Crippen LogP contribution is -2.38. The fourth-order valence-corrected chi connectivity index (χ4v) is 3.40. The zero-order chi connectivity index (χ0) is 16.2. The van der Waals surface area contributed by atoms with Gasteiger partial charge in [-0.3, -0.25) is 9.69 Å². The number of para-hydroxylation sites is 2. The third-order valence-corrected chi connectivity index (χ3v) is 4.65. The minimum absolute atomic E-state index is 0.109. The van der Waals surface area contributed by atoms with Gasteiger partial charge >= 0.3 is 5.97 Å². The third kappa shape index (κ3) is 3.72. The Hall–Kier alpha value is -1.88. The SMILES string of the molecule is CCOC(=O)CN1CCC(Cn2c(C)nc3ccccc32)CC1. The minimum atomic E-state index is -0.109. The number of likely N-dealkylation sites (tertiary alicyclic amines) is 1. The molecule has 1 aromatic carbocycles. The molecule has 0 atom stereocenters. The highest BCUT2D eigenvalue weighted by molar-refractivity contribution is 5.75. The summed E-state index contributed by atoms with van der Waals surface area (Å²) >= 11 is 0. The largest absolute Gasteiger partial charge is 0.465 e. The maximum atomic E-state index is 11.6. The van der Waals surface area contributed by atoms with Crippen LogP contribution in [0, 0.1) is 12.8 Å². The molecular weight excluding hydrogens is 290 g/mol. The Morgan fingerprint density at radius 1 is 1.30 bits per heavy atom. The molecule has 3 rings (SSSR count). The quantitative estimate of drug-likeness (QED) is 0.796. The second kappa shape index (κ2) is 7.13. The van der Waals surface area contributed by atoms with E-state index in [1.807, 2.05) is 13.0 Å². The van der Waals surface area contributed by atoms with E-state index in [0.717, 1.165) is 43.8 Å². The van der Waals surface area contributed by atoms with Crippen molar-refractivity contribution >= 4 is 17.0 Å². The van der Waals surface area contributed by atoms with Gasteiger partial charge in [-0.15, -0.1) is 0 Å². The fraction of sp³-hybridized carbons (Fsp3) is 0.556. The van der Waals surface area contributed by atoms with Crippen LogP contribution in [0.15, 0.2) is 24.3 Å². The first-order chi connectivity index (χ1) is 11.2. The molecule has 1 aromatic heterocycles. The van der Waals surface area contributed by atoms with Crippen LogP contribution in [-0.2, 0) is 16.1 Å². The standard InChI is InChI=1S/C18H25N3O2/c1-3-23-18(22)13-20-10-8-15(9-11-20)12-21-14(2)19-16-6-4-5-7-17(16)21/h4-7,15H,3,8-13H2,1-2H3.